The van der Waals surface area contributed by atoms with Gasteiger partial charge in [-0.3, -0.25) is 0 Å². The Bertz CT molecular complexity index is 197. The third-order valence-corrected chi connectivity index (χ3v) is 3.08. The first-order valence-corrected chi connectivity index (χ1v) is 7.30. The summed E-state index contributed by atoms with van der Waals surface area (Å²) in [4.78, 5) is 14.7. The first kappa shape index (κ1) is 17.6. The van der Waals surface area contributed by atoms with Crippen LogP contribution in [0.5, 0.6) is 0 Å². The summed E-state index contributed by atoms with van der Waals surface area (Å²) < 4.78 is 0. The van der Waals surface area contributed by atoms with Gasteiger partial charge in [-0.25, -0.2) is 0 Å². The second-order valence-electron chi connectivity index (χ2n) is 6.14. The van der Waals surface area contributed by atoms with E-state index in [1.807, 2.05) is 0 Å². The zero-order chi connectivity index (χ0) is 14.0. The molecule has 0 aromatic carbocycles. The van der Waals surface area contributed by atoms with Crippen LogP contribution in [0.3, 0.4) is 0 Å². The molecule has 3 nitrogen and oxygen atoms in total. The molecule has 0 bridgehead atoms. The van der Waals surface area contributed by atoms with Crippen LogP contribution in [0, 0.1) is 11.8 Å². The molecule has 0 spiro atoms. The zero-order valence-corrected chi connectivity index (χ0v) is 13.0. The van der Waals surface area contributed by atoms with E-state index in [1.165, 1.54) is 32.7 Å². The first-order chi connectivity index (χ1) is 8.45. The highest BCUT2D eigenvalue weighted by molar-refractivity contribution is 5.48. The highest BCUT2D eigenvalue weighted by Crippen LogP contribution is 2.02. The topological polar surface area (TPSA) is 23.6 Å². The fourth-order valence-electron chi connectivity index (χ4n) is 1.95. The Labute approximate surface area is 114 Å². The molecule has 1 aliphatic heterocycles. The molecule has 1 saturated heterocycles. The largest absolute Gasteiger partial charge is 0.304 e. The number of hydrogen-bond donors (Lipinski definition) is 0. The fourth-order valence-corrected chi connectivity index (χ4v) is 1.95. The molecule has 0 radical (unpaired) electrons. The molecule has 18 heavy (non-hydrogen) atoms. The van der Waals surface area contributed by atoms with Crippen molar-refractivity contribution < 1.29 is 4.79 Å². The van der Waals surface area contributed by atoms with E-state index in [0.29, 0.717) is 5.92 Å². The first-order valence-electron chi connectivity index (χ1n) is 7.30. The van der Waals surface area contributed by atoms with Gasteiger partial charge >= 0.3 is 0 Å². The van der Waals surface area contributed by atoms with Crippen molar-refractivity contribution in [1.82, 2.24) is 9.80 Å². The lowest BCUT2D eigenvalue weighted by Crippen LogP contribution is -2.45. The Balaban J connectivity index is 0.000000360. The van der Waals surface area contributed by atoms with Gasteiger partial charge in [0.1, 0.15) is 6.29 Å². The summed E-state index contributed by atoms with van der Waals surface area (Å²) in [6, 6.07) is 0. The van der Waals surface area contributed by atoms with Crippen molar-refractivity contribution in [2.24, 2.45) is 11.8 Å². The number of hydrogen-bond acceptors (Lipinski definition) is 3. The van der Waals surface area contributed by atoms with E-state index >= 15 is 0 Å². The molecule has 0 aromatic heterocycles. The number of piperazine rings is 1. The van der Waals surface area contributed by atoms with E-state index in [-0.39, 0.29) is 0 Å². The van der Waals surface area contributed by atoms with Gasteiger partial charge in [0.2, 0.25) is 0 Å². The van der Waals surface area contributed by atoms with Crippen molar-refractivity contribution in [3.8, 4) is 0 Å². The van der Waals surface area contributed by atoms with Crippen LogP contribution in [0.2, 0.25) is 0 Å². The van der Waals surface area contributed by atoms with Crippen LogP contribution in [0.25, 0.3) is 0 Å². The summed E-state index contributed by atoms with van der Waals surface area (Å²) in [5, 5.41) is 0. The van der Waals surface area contributed by atoms with Gasteiger partial charge in [0, 0.05) is 39.1 Å². The Morgan fingerprint density at radius 2 is 1.56 bits per heavy atom. The van der Waals surface area contributed by atoms with Crippen LogP contribution in [0.1, 0.15) is 40.5 Å². The van der Waals surface area contributed by atoms with Gasteiger partial charge < -0.3 is 14.6 Å². The van der Waals surface area contributed by atoms with E-state index in [1.54, 1.807) is 0 Å². The summed E-state index contributed by atoms with van der Waals surface area (Å²) in [5.74, 6) is 1.49. The van der Waals surface area contributed by atoms with Crippen molar-refractivity contribution in [1.29, 1.82) is 0 Å². The minimum absolute atomic E-state index is 0.671. The van der Waals surface area contributed by atoms with Crippen LogP contribution in [-0.4, -0.2) is 55.9 Å². The molecule has 0 amide bonds. The molecule has 1 aliphatic rings. The number of carbonyl (C=O) groups excluding carboxylic acids is 1. The summed E-state index contributed by atoms with van der Waals surface area (Å²) >= 11 is 0. The standard InChI is InChI=1S/C9H20N2.C6H12O/c1-9(2)8-11-6-4-10(3)5-7-11;1-6(2)4-3-5-7/h9H,4-8H2,1-3H3;5-6H,3-4H2,1-2H3. The highest BCUT2D eigenvalue weighted by atomic mass is 16.1. The fraction of sp³-hybridized carbons (Fsp3) is 0.933. The third kappa shape index (κ3) is 10.7. The predicted octanol–water partition coefficient (Wildman–Crippen LogP) is 2.51. The van der Waals surface area contributed by atoms with E-state index in [2.05, 4.69) is 44.5 Å². The molecule has 1 fully saturated rings. The van der Waals surface area contributed by atoms with E-state index < -0.39 is 0 Å². The number of likely N-dealkylation sites (N-methyl/N-ethyl adjacent to an activating group) is 1. The van der Waals surface area contributed by atoms with Gasteiger partial charge in [-0.05, 0) is 25.3 Å². The van der Waals surface area contributed by atoms with Gasteiger partial charge in [0.05, 0.1) is 0 Å². The van der Waals surface area contributed by atoms with E-state index in [9.17, 15) is 4.79 Å². The maximum Gasteiger partial charge on any atom is 0.120 e. The van der Waals surface area contributed by atoms with Crippen molar-refractivity contribution in [2.75, 3.05) is 39.8 Å². The van der Waals surface area contributed by atoms with Crippen molar-refractivity contribution in [2.45, 2.75) is 40.5 Å². The minimum Gasteiger partial charge on any atom is -0.304 e. The van der Waals surface area contributed by atoms with Gasteiger partial charge in [0.15, 0.2) is 0 Å². The van der Waals surface area contributed by atoms with Gasteiger partial charge in [-0.1, -0.05) is 27.7 Å². The lowest BCUT2D eigenvalue weighted by Gasteiger charge is -2.33. The average Bonchev–Trinajstić information content (AvgIpc) is 2.30. The van der Waals surface area contributed by atoms with E-state index in [4.69, 9.17) is 0 Å². The maximum absolute atomic E-state index is 9.71. The van der Waals surface area contributed by atoms with Crippen LogP contribution in [0.15, 0.2) is 0 Å². The molecule has 1 rings (SSSR count). The summed E-state index contributed by atoms with van der Waals surface area (Å²) in [7, 11) is 2.20. The lowest BCUT2D eigenvalue weighted by atomic mass is 10.1. The van der Waals surface area contributed by atoms with Crippen molar-refractivity contribution >= 4 is 6.29 Å². The minimum atomic E-state index is 0.671. The smallest absolute Gasteiger partial charge is 0.120 e. The number of carbonyl (C=O) groups is 1. The molecular weight excluding hydrogens is 224 g/mol. The molecule has 108 valence electrons. The monoisotopic (exact) mass is 256 g/mol. The maximum atomic E-state index is 9.71. The molecular formula is C15H32N2O. The van der Waals surface area contributed by atoms with Gasteiger partial charge in [-0.2, -0.15) is 0 Å². The second-order valence-corrected chi connectivity index (χ2v) is 6.14. The molecule has 0 aliphatic carbocycles. The second kappa shape index (κ2) is 10.5. The zero-order valence-electron chi connectivity index (χ0n) is 13.0. The highest BCUT2D eigenvalue weighted by Gasteiger charge is 2.13. The Morgan fingerprint density at radius 1 is 1.00 bits per heavy atom. The summed E-state index contributed by atoms with van der Waals surface area (Å²) in [6.07, 6.45) is 2.72. The van der Waals surface area contributed by atoms with Crippen molar-refractivity contribution in [3.05, 3.63) is 0 Å². The molecule has 0 atom stereocenters. The lowest BCUT2D eigenvalue weighted by molar-refractivity contribution is -0.108. The molecule has 0 N–H and O–H groups in total. The summed E-state index contributed by atoms with van der Waals surface area (Å²) in [6.45, 7) is 15.1. The van der Waals surface area contributed by atoms with Crippen molar-refractivity contribution in [3.63, 3.8) is 0 Å². The molecule has 0 saturated carbocycles. The van der Waals surface area contributed by atoms with E-state index in [0.717, 1.165) is 25.0 Å². The Morgan fingerprint density at radius 3 is 1.89 bits per heavy atom. The molecule has 3 heteroatoms. The Kier molecular flexibility index (Phi) is 10.3. The van der Waals surface area contributed by atoms with Crippen LogP contribution >= 0.6 is 0 Å². The number of rotatable bonds is 5. The van der Waals surface area contributed by atoms with Crippen LogP contribution in [0.4, 0.5) is 0 Å². The number of aldehydes is 1. The summed E-state index contributed by atoms with van der Waals surface area (Å²) in [5.41, 5.74) is 0. The van der Waals surface area contributed by atoms with Crippen LogP contribution in [-0.2, 0) is 4.79 Å². The van der Waals surface area contributed by atoms with Crippen LogP contribution < -0.4 is 0 Å². The molecule has 0 aromatic rings. The SMILES string of the molecule is CC(C)CCC=O.CC(C)CN1CCN(C)CC1. The normalized spacial score (nSPS) is 17.7. The average molecular weight is 256 g/mol. The van der Waals surface area contributed by atoms with Gasteiger partial charge in [0.25, 0.3) is 0 Å². The van der Waals surface area contributed by atoms with Gasteiger partial charge in [-0.15, -0.1) is 0 Å². The quantitative estimate of drug-likeness (QED) is 0.706. The molecule has 0 unspecified atom stereocenters. The third-order valence-electron chi connectivity index (χ3n) is 3.08. The molecule has 1 heterocycles. The predicted molar refractivity (Wildman–Crippen MR) is 78.9 cm³/mol. The number of nitrogens with zero attached hydrogens (tertiary/aromatic N) is 2. The Hall–Kier alpha value is -0.410.